The van der Waals surface area contributed by atoms with Crippen molar-refractivity contribution >= 4 is 47.3 Å². The maximum Gasteiger partial charge on any atom is 0.328 e. The van der Waals surface area contributed by atoms with Gasteiger partial charge in [0.2, 0.25) is 41.4 Å². The van der Waals surface area contributed by atoms with Crippen LogP contribution >= 0.6 is 0 Å². The molecule has 1 aliphatic rings. The zero-order chi connectivity index (χ0) is 44.4. The first kappa shape index (κ1) is 51.7. The van der Waals surface area contributed by atoms with Crippen molar-refractivity contribution in [2.24, 2.45) is 29.4 Å². The van der Waals surface area contributed by atoms with Crippen LogP contribution in [0.25, 0.3) is 0 Å². The Morgan fingerprint density at radius 2 is 1.33 bits per heavy atom. The highest BCUT2D eigenvalue weighted by molar-refractivity contribution is 5.96. The van der Waals surface area contributed by atoms with Crippen molar-refractivity contribution in [2.75, 3.05) is 26.8 Å². The molecule has 0 aliphatic carbocycles. The van der Waals surface area contributed by atoms with Crippen LogP contribution in [0.3, 0.4) is 0 Å². The van der Waals surface area contributed by atoms with Crippen LogP contribution in [0.5, 0.6) is 0 Å². The molecule has 332 valence electrons. The summed E-state index contributed by atoms with van der Waals surface area (Å²) in [6.07, 6.45) is 0.174. The van der Waals surface area contributed by atoms with Gasteiger partial charge in [0.25, 0.3) is 0 Å². The number of carbonyl (C=O) groups is 8. The fraction of sp³-hybridized carbons (Fsp3) is 0.795. The van der Waals surface area contributed by atoms with Crippen molar-refractivity contribution in [3.05, 3.63) is 0 Å². The minimum absolute atomic E-state index is 0.0371. The van der Waals surface area contributed by atoms with Crippen molar-refractivity contribution in [1.29, 1.82) is 0 Å². The fourth-order valence-electron chi connectivity index (χ4n) is 6.73. The number of aliphatic hydroxyl groups is 2. The van der Waals surface area contributed by atoms with E-state index in [0.717, 1.165) is 6.92 Å². The topological polar surface area (TPSA) is 288 Å². The Morgan fingerprint density at radius 1 is 0.759 bits per heavy atom. The maximum absolute atomic E-state index is 13.8. The molecule has 0 spiro atoms. The molecular weight excluding hydrogens is 756 g/mol. The zero-order valence-corrected chi connectivity index (χ0v) is 35.9. The van der Waals surface area contributed by atoms with Crippen LogP contribution in [0, 0.1) is 23.7 Å². The molecule has 1 heterocycles. The number of nitrogens with two attached hydrogens (primary N) is 1. The van der Waals surface area contributed by atoms with Crippen molar-refractivity contribution in [1.82, 2.24) is 36.8 Å². The molecule has 58 heavy (non-hydrogen) atoms. The average Bonchev–Trinajstić information content (AvgIpc) is 3.60. The van der Waals surface area contributed by atoms with Crippen LogP contribution in [0.1, 0.15) is 101 Å². The molecular formula is C39H70N8O11. The highest BCUT2D eigenvalue weighted by atomic mass is 16.5. The lowest BCUT2D eigenvalue weighted by atomic mass is 9.96. The highest BCUT2D eigenvalue weighted by Gasteiger charge is 2.39. The Morgan fingerprint density at radius 3 is 1.83 bits per heavy atom. The molecule has 0 aromatic carbocycles. The first-order chi connectivity index (χ1) is 27.1. The number of carbonyl (C=O) groups excluding carboxylic acids is 8. The van der Waals surface area contributed by atoms with Gasteiger partial charge in [0.05, 0.1) is 38.3 Å². The van der Waals surface area contributed by atoms with Gasteiger partial charge in [-0.2, -0.15) is 0 Å². The summed E-state index contributed by atoms with van der Waals surface area (Å²) in [5.74, 6) is -6.22. The van der Waals surface area contributed by atoms with E-state index in [0.29, 0.717) is 25.8 Å². The third-order valence-corrected chi connectivity index (χ3v) is 10.1. The van der Waals surface area contributed by atoms with Crippen molar-refractivity contribution in [3.8, 4) is 0 Å². The number of hydrogen-bond acceptors (Lipinski definition) is 12. The van der Waals surface area contributed by atoms with E-state index in [4.69, 9.17) is 10.5 Å². The van der Waals surface area contributed by atoms with Crippen LogP contribution in [-0.2, 0) is 43.1 Å². The second-order valence-electron chi connectivity index (χ2n) is 16.4. The normalized spacial score (nSPS) is 18.5. The lowest BCUT2D eigenvalue weighted by molar-refractivity contribution is -0.147. The second-order valence-corrected chi connectivity index (χ2v) is 16.4. The van der Waals surface area contributed by atoms with E-state index in [9.17, 15) is 48.6 Å². The van der Waals surface area contributed by atoms with E-state index in [1.165, 1.54) is 7.11 Å². The fourth-order valence-corrected chi connectivity index (χ4v) is 6.73. The first-order valence-electron chi connectivity index (χ1n) is 20.2. The van der Waals surface area contributed by atoms with Gasteiger partial charge >= 0.3 is 5.97 Å². The second kappa shape index (κ2) is 25.2. The van der Waals surface area contributed by atoms with Gasteiger partial charge in [0, 0.05) is 13.5 Å². The number of hydrogen-bond donors (Lipinski definition) is 9. The third-order valence-electron chi connectivity index (χ3n) is 10.1. The van der Waals surface area contributed by atoms with E-state index in [1.807, 2.05) is 27.7 Å². The summed E-state index contributed by atoms with van der Waals surface area (Å²) in [5.41, 5.74) is 5.46. The summed E-state index contributed by atoms with van der Waals surface area (Å²) in [5, 5.41) is 36.8. The third kappa shape index (κ3) is 17.2. The summed E-state index contributed by atoms with van der Waals surface area (Å²) in [7, 11) is 1.23. The van der Waals surface area contributed by atoms with Gasteiger partial charge in [-0.3, -0.25) is 38.5 Å². The Balaban J connectivity index is 3.23. The number of aliphatic hydroxyl groups excluding tert-OH is 2. The molecule has 1 fully saturated rings. The van der Waals surface area contributed by atoms with Gasteiger partial charge in [-0.25, -0.2) is 4.79 Å². The standard InChI is InChI=1S/C39H70N8O11/c1-11-23(8)33(38(56)45-32(22(6)7)39(57)58-10)46-37(55)29-13-12-14-47(29)18-30(50)25(15-20(2)3)42-35(53)27(17-31(40)51)44-34(52)26(16-21(4)5)43-36(54)28(19-48)41-24(9)49/h20-23,25-30,32-33,48,50H,11-19H2,1-10H3,(H2,40,51)(H,41,49)(H,42,53)(H,43,54)(H,44,52)(H,45,56)(H,46,55). The minimum Gasteiger partial charge on any atom is -0.467 e. The van der Waals surface area contributed by atoms with Crippen LogP contribution < -0.4 is 37.6 Å². The minimum atomic E-state index is -1.49. The van der Waals surface area contributed by atoms with Gasteiger partial charge in [-0.15, -0.1) is 0 Å². The smallest absolute Gasteiger partial charge is 0.328 e. The van der Waals surface area contributed by atoms with E-state index in [2.05, 4.69) is 31.9 Å². The number of amides is 7. The molecule has 9 atom stereocenters. The zero-order valence-electron chi connectivity index (χ0n) is 35.9. The molecule has 0 bridgehead atoms. The molecule has 9 unspecified atom stereocenters. The number of rotatable bonds is 25. The van der Waals surface area contributed by atoms with Gasteiger partial charge in [0.1, 0.15) is 30.2 Å². The number of esters is 1. The number of methoxy groups -OCH3 is 1. The largest absolute Gasteiger partial charge is 0.467 e. The number of nitrogens with one attached hydrogen (secondary N) is 6. The van der Waals surface area contributed by atoms with Gasteiger partial charge in [0.15, 0.2) is 0 Å². The number of likely N-dealkylation sites (tertiary alicyclic amines) is 1. The van der Waals surface area contributed by atoms with E-state index in [1.54, 1.807) is 32.6 Å². The molecule has 0 saturated carbocycles. The van der Waals surface area contributed by atoms with E-state index in [-0.39, 0.29) is 43.1 Å². The predicted octanol–water partition coefficient (Wildman–Crippen LogP) is -1.42. The maximum atomic E-state index is 13.8. The average molecular weight is 827 g/mol. The Labute approximate surface area is 342 Å². The van der Waals surface area contributed by atoms with Crippen LogP contribution in [-0.4, -0.2) is 138 Å². The molecule has 19 nitrogen and oxygen atoms in total. The molecule has 1 aliphatic heterocycles. The lowest BCUT2D eigenvalue weighted by Crippen LogP contribution is -2.60. The quantitative estimate of drug-likeness (QED) is 0.0480. The first-order valence-corrected chi connectivity index (χ1v) is 20.2. The summed E-state index contributed by atoms with van der Waals surface area (Å²) in [6.45, 7) is 15.4. The number of primary amides is 1. The Hall–Kier alpha value is -4.36. The summed E-state index contributed by atoms with van der Waals surface area (Å²) >= 11 is 0. The van der Waals surface area contributed by atoms with Gasteiger partial charge in [-0.05, 0) is 55.9 Å². The molecule has 19 heteroatoms. The van der Waals surface area contributed by atoms with Crippen LogP contribution in [0.4, 0.5) is 0 Å². The summed E-state index contributed by atoms with van der Waals surface area (Å²) < 4.78 is 4.85. The lowest BCUT2D eigenvalue weighted by Gasteiger charge is -2.33. The van der Waals surface area contributed by atoms with Gasteiger partial charge < -0.3 is 52.6 Å². The van der Waals surface area contributed by atoms with Crippen molar-refractivity contribution in [2.45, 2.75) is 149 Å². The van der Waals surface area contributed by atoms with E-state index >= 15 is 0 Å². The van der Waals surface area contributed by atoms with Gasteiger partial charge in [-0.1, -0.05) is 61.8 Å². The van der Waals surface area contributed by atoms with Crippen molar-refractivity contribution in [3.63, 3.8) is 0 Å². The van der Waals surface area contributed by atoms with Crippen LogP contribution in [0.15, 0.2) is 0 Å². The summed E-state index contributed by atoms with van der Waals surface area (Å²) in [4.78, 5) is 105. The molecule has 1 saturated heterocycles. The number of nitrogens with zero attached hydrogens (tertiary/aromatic N) is 1. The monoisotopic (exact) mass is 827 g/mol. The molecule has 1 rings (SSSR count). The highest BCUT2D eigenvalue weighted by Crippen LogP contribution is 2.21. The molecule has 10 N–H and O–H groups in total. The van der Waals surface area contributed by atoms with Crippen molar-refractivity contribution < 1.29 is 53.3 Å². The Bertz CT molecular complexity index is 1410. The number of ether oxygens (including phenoxy) is 1. The molecule has 7 amide bonds. The van der Waals surface area contributed by atoms with Crippen LogP contribution in [0.2, 0.25) is 0 Å². The molecule has 0 aromatic rings. The Kier molecular flexibility index (Phi) is 22.4. The summed E-state index contributed by atoms with van der Waals surface area (Å²) in [6, 6.07) is -7.52. The predicted molar refractivity (Wildman–Crippen MR) is 214 cm³/mol. The SMILES string of the molecule is CCC(C)C(NC(=O)C1CCCN1CC(O)C(CC(C)C)NC(=O)C(CC(N)=O)NC(=O)C(CC(C)C)NC(=O)C(CO)NC(C)=O)C(=O)NC(C(=O)OC)C(C)C. The van der Waals surface area contributed by atoms with E-state index < -0.39 is 109 Å². The molecule has 0 radical (unpaired) electrons. The molecule has 0 aromatic heterocycles. The number of β-amino-alcohol motifs (C(OH)–C–C–N with tert-alkyl or cyclic N) is 1.